The zero-order chi connectivity index (χ0) is 16.3. The molecule has 0 spiro atoms. The standard InChI is InChI=1S/C18H27FN2O/c1-12(14-10-20-11-14)17(22)21-16(9-18(2,3)4)13-5-7-15(19)8-6-13/h5-8,12,14,16,20H,9-11H2,1-4H3,(H,21,22). The molecule has 1 saturated heterocycles. The molecular weight excluding hydrogens is 279 g/mol. The van der Waals surface area contributed by atoms with Gasteiger partial charge in [-0.3, -0.25) is 4.79 Å². The molecule has 2 atom stereocenters. The molecule has 1 amide bonds. The third-order valence-electron chi connectivity index (χ3n) is 4.34. The number of carbonyl (C=O) groups is 1. The van der Waals surface area contributed by atoms with Crippen molar-refractivity contribution in [1.82, 2.24) is 10.6 Å². The number of amides is 1. The summed E-state index contributed by atoms with van der Waals surface area (Å²) in [5.74, 6) is 0.260. The topological polar surface area (TPSA) is 41.1 Å². The van der Waals surface area contributed by atoms with Gasteiger partial charge in [0.05, 0.1) is 6.04 Å². The molecule has 1 aliphatic rings. The van der Waals surface area contributed by atoms with E-state index in [4.69, 9.17) is 0 Å². The highest BCUT2D eigenvalue weighted by molar-refractivity contribution is 5.79. The van der Waals surface area contributed by atoms with Gasteiger partial charge in [0.15, 0.2) is 0 Å². The highest BCUT2D eigenvalue weighted by Gasteiger charge is 2.31. The normalized spacial score (nSPS) is 18.4. The van der Waals surface area contributed by atoms with Crippen molar-refractivity contribution in [1.29, 1.82) is 0 Å². The maximum Gasteiger partial charge on any atom is 0.223 e. The SMILES string of the molecule is CC(C(=O)NC(CC(C)(C)C)c1ccc(F)cc1)C1CNC1. The molecule has 2 N–H and O–H groups in total. The highest BCUT2D eigenvalue weighted by Crippen LogP contribution is 2.30. The smallest absolute Gasteiger partial charge is 0.223 e. The molecule has 3 nitrogen and oxygen atoms in total. The van der Waals surface area contributed by atoms with Crippen LogP contribution in [-0.2, 0) is 4.79 Å². The average molecular weight is 306 g/mol. The number of benzene rings is 1. The summed E-state index contributed by atoms with van der Waals surface area (Å²) in [6.45, 7) is 10.3. The Hall–Kier alpha value is -1.42. The van der Waals surface area contributed by atoms with Crippen LogP contribution in [0.5, 0.6) is 0 Å². The van der Waals surface area contributed by atoms with Crippen LogP contribution in [0.3, 0.4) is 0 Å². The Bertz CT molecular complexity index is 503. The molecule has 0 bridgehead atoms. The molecule has 0 aliphatic carbocycles. The summed E-state index contributed by atoms with van der Waals surface area (Å²) in [6.07, 6.45) is 0.819. The molecule has 1 heterocycles. The second-order valence-corrected chi connectivity index (χ2v) is 7.58. The van der Waals surface area contributed by atoms with Crippen molar-refractivity contribution in [3.8, 4) is 0 Å². The van der Waals surface area contributed by atoms with Crippen LogP contribution in [0.2, 0.25) is 0 Å². The van der Waals surface area contributed by atoms with E-state index in [2.05, 4.69) is 31.4 Å². The van der Waals surface area contributed by atoms with Crippen molar-refractivity contribution >= 4 is 5.91 Å². The van der Waals surface area contributed by atoms with Gasteiger partial charge in [-0.2, -0.15) is 0 Å². The van der Waals surface area contributed by atoms with E-state index < -0.39 is 0 Å². The van der Waals surface area contributed by atoms with E-state index >= 15 is 0 Å². The van der Waals surface area contributed by atoms with Gasteiger partial charge < -0.3 is 10.6 Å². The van der Waals surface area contributed by atoms with Crippen molar-refractivity contribution in [2.75, 3.05) is 13.1 Å². The fraction of sp³-hybridized carbons (Fsp3) is 0.611. The highest BCUT2D eigenvalue weighted by atomic mass is 19.1. The fourth-order valence-electron chi connectivity index (χ4n) is 2.74. The lowest BCUT2D eigenvalue weighted by molar-refractivity contribution is -0.127. The van der Waals surface area contributed by atoms with Crippen LogP contribution >= 0.6 is 0 Å². The molecule has 22 heavy (non-hydrogen) atoms. The van der Waals surface area contributed by atoms with Gasteiger partial charge in [-0.15, -0.1) is 0 Å². The van der Waals surface area contributed by atoms with Crippen LogP contribution in [0.25, 0.3) is 0 Å². The Morgan fingerprint density at radius 1 is 1.32 bits per heavy atom. The van der Waals surface area contributed by atoms with E-state index in [9.17, 15) is 9.18 Å². The van der Waals surface area contributed by atoms with Crippen molar-refractivity contribution in [2.24, 2.45) is 17.3 Å². The third kappa shape index (κ3) is 4.54. The largest absolute Gasteiger partial charge is 0.349 e. The molecule has 1 aliphatic heterocycles. The number of hydrogen-bond donors (Lipinski definition) is 2. The minimum atomic E-state index is -0.251. The first-order valence-electron chi connectivity index (χ1n) is 8.03. The molecular formula is C18H27FN2O. The molecule has 1 aromatic carbocycles. The van der Waals surface area contributed by atoms with Gasteiger partial charge in [-0.25, -0.2) is 4.39 Å². The van der Waals surface area contributed by atoms with E-state index in [0.717, 1.165) is 25.1 Å². The lowest BCUT2D eigenvalue weighted by Crippen LogP contribution is -2.50. The maximum absolute atomic E-state index is 13.1. The Kier molecular flexibility index (Phi) is 5.22. The maximum atomic E-state index is 13.1. The second kappa shape index (κ2) is 6.78. The van der Waals surface area contributed by atoms with E-state index in [1.165, 1.54) is 12.1 Å². The van der Waals surface area contributed by atoms with Gasteiger partial charge >= 0.3 is 0 Å². The molecule has 4 heteroatoms. The van der Waals surface area contributed by atoms with E-state index in [1.807, 2.05) is 6.92 Å². The minimum absolute atomic E-state index is 0.00386. The summed E-state index contributed by atoms with van der Waals surface area (Å²) in [7, 11) is 0. The summed E-state index contributed by atoms with van der Waals surface area (Å²) in [5.41, 5.74) is 1.04. The van der Waals surface area contributed by atoms with Crippen molar-refractivity contribution in [2.45, 2.75) is 40.2 Å². The van der Waals surface area contributed by atoms with Crippen LogP contribution < -0.4 is 10.6 Å². The summed E-state index contributed by atoms with van der Waals surface area (Å²) in [5, 5.41) is 6.37. The van der Waals surface area contributed by atoms with Gasteiger partial charge in [0, 0.05) is 5.92 Å². The van der Waals surface area contributed by atoms with Gasteiger partial charge in [-0.1, -0.05) is 39.8 Å². The quantitative estimate of drug-likeness (QED) is 0.876. The van der Waals surface area contributed by atoms with Crippen molar-refractivity contribution < 1.29 is 9.18 Å². The van der Waals surface area contributed by atoms with Gasteiger partial charge in [0.2, 0.25) is 5.91 Å². The zero-order valence-corrected chi connectivity index (χ0v) is 13.9. The van der Waals surface area contributed by atoms with Crippen LogP contribution in [0.15, 0.2) is 24.3 Å². The third-order valence-corrected chi connectivity index (χ3v) is 4.34. The summed E-state index contributed by atoms with van der Waals surface area (Å²) < 4.78 is 13.1. The van der Waals surface area contributed by atoms with Crippen LogP contribution in [0, 0.1) is 23.1 Å². The molecule has 0 saturated carbocycles. The van der Waals surface area contributed by atoms with Gasteiger partial charge in [-0.05, 0) is 48.5 Å². The van der Waals surface area contributed by atoms with Gasteiger partial charge in [0.1, 0.15) is 5.82 Å². The van der Waals surface area contributed by atoms with Gasteiger partial charge in [0.25, 0.3) is 0 Å². The first kappa shape index (κ1) is 16.9. The van der Waals surface area contributed by atoms with E-state index in [0.29, 0.717) is 5.92 Å². The summed E-state index contributed by atoms with van der Waals surface area (Å²) in [6, 6.07) is 6.36. The second-order valence-electron chi connectivity index (χ2n) is 7.58. The Labute approximate surface area is 132 Å². The molecule has 122 valence electrons. The number of rotatable bonds is 5. The van der Waals surface area contributed by atoms with Crippen LogP contribution in [0.1, 0.15) is 45.7 Å². The number of hydrogen-bond acceptors (Lipinski definition) is 2. The summed E-state index contributed by atoms with van der Waals surface area (Å²) >= 11 is 0. The Morgan fingerprint density at radius 2 is 1.91 bits per heavy atom. The Morgan fingerprint density at radius 3 is 2.36 bits per heavy atom. The number of carbonyl (C=O) groups excluding carboxylic acids is 1. The summed E-state index contributed by atoms with van der Waals surface area (Å²) in [4.78, 5) is 12.5. The molecule has 0 radical (unpaired) electrons. The van der Waals surface area contributed by atoms with Crippen molar-refractivity contribution in [3.63, 3.8) is 0 Å². The molecule has 2 unspecified atom stereocenters. The number of nitrogens with one attached hydrogen (secondary N) is 2. The predicted octanol–water partition coefficient (Wildman–Crippen LogP) is 3.27. The first-order chi connectivity index (χ1) is 10.3. The average Bonchev–Trinajstić information content (AvgIpc) is 2.35. The first-order valence-corrected chi connectivity index (χ1v) is 8.03. The fourth-order valence-corrected chi connectivity index (χ4v) is 2.74. The molecule has 2 rings (SSSR count). The van der Waals surface area contributed by atoms with E-state index in [1.54, 1.807) is 12.1 Å². The van der Waals surface area contributed by atoms with Crippen molar-refractivity contribution in [3.05, 3.63) is 35.6 Å². The number of halogens is 1. The van der Waals surface area contributed by atoms with E-state index in [-0.39, 0.29) is 29.1 Å². The minimum Gasteiger partial charge on any atom is -0.349 e. The molecule has 1 aromatic rings. The predicted molar refractivity (Wildman–Crippen MR) is 86.9 cm³/mol. The molecule has 1 fully saturated rings. The monoisotopic (exact) mass is 306 g/mol. The van der Waals surface area contributed by atoms with Crippen LogP contribution in [-0.4, -0.2) is 19.0 Å². The van der Waals surface area contributed by atoms with Crippen LogP contribution in [0.4, 0.5) is 4.39 Å². The lowest BCUT2D eigenvalue weighted by Gasteiger charge is -2.34. The lowest BCUT2D eigenvalue weighted by atomic mass is 9.84. The zero-order valence-electron chi connectivity index (χ0n) is 13.9. The Balaban J connectivity index is 2.10. The molecule has 0 aromatic heterocycles.